The molecule has 0 amide bonds. The topological polar surface area (TPSA) is 9.23 Å². The molecule has 0 fully saturated rings. The summed E-state index contributed by atoms with van der Waals surface area (Å²) >= 11 is -0.730. The van der Waals surface area contributed by atoms with Crippen molar-refractivity contribution in [2.24, 2.45) is 10.8 Å². The van der Waals surface area contributed by atoms with Crippen molar-refractivity contribution in [1.82, 2.24) is 0 Å². The van der Waals surface area contributed by atoms with E-state index in [1.165, 1.54) is 0 Å². The van der Waals surface area contributed by atoms with Gasteiger partial charge in [-0.2, -0.15) is 0 Å². The largest absolute Gasteiger partial charge is 0.425 e. The predicted molar refractivity (Wildman–Crippen MR) is 141 cm³/mol. The molecule has 0 atom stereocenters. The molecule has 174 valence electrons. The molecule has 0 saturated carbocycles. The zero-order valence-corrected chi connectivity index (χ0v) is 26.6. The van der Waals surface area contributed by atoms with E-state index in [1.807, 2.05) is 26.0 Å². The second-order valence-electron chi connectivity index (χ2n) is 9.42. The predicted octanol–water partition coefficient (Wildman–Crippen LogP) is 8.27. The molecule has 1 nitrogen and oxygen atoms in total. The molecule has 2 aliphatic carbocycles. The summed E-state index contributed by atoms with van der Waals surface area (Å²) in [6.45, 7) is 34.2. The van der Waals surface area contributed by atoms with E-state index in [-0.39, 0.29) is 20.6 Å². The van der Waals surface area contributed by atoms with Crippen molar-refractivity contribution < 1.29 is 27.7 Å². The van der Waals surface area contributed by atoms with Gasteiger partial charge in [0.15, 0.2) is 9.76 Å². The molecule has 2 rings (SSSR count). The van der Waals surface area contributed by atoms with E-state index < -0.39 is 23.2 Å². The fourth-order valence-electron chi connectivity index (χ4n) is 4.15. The molecule has 0 spiro atoms. The van der Waals surface area contributed by atoms with Crippen molar-refractivity contribution in [3.05, 3.63) is 64.8 Å². The summed E-state index contributed by atoms with van der Waals surface area (Å²) in [6.07, 6.45) is 5.58. The molecule has 0 unspecified atom stereocenters. The maximum absolute atomic E-state index is 4.97. The van der Waals surface area contributed by atoms with E-state index in [0.717, 1.165) is 6.61 Å². The summed E-state index contributed by atoms with van der Waals surface area (Å²) < 4.78 is 8.57. The molecule has 0 aromatic heterocycles. The van der Waals surface area contributed by atoms with Crippen LogP contribution < -0.4 is 0 Å². The van der Waals surface area contributed by atoms with Gasteiger partial charge >= 0.3 is 143 Å². The Morgan fingerprint density at radius 2 is 1.23 bits per heavy atom. The van der Waals surface area contributed by atoms with Crippen molar-refractivity contribution in [2.45, 2.75) is 89.6 Å². The molecule has 3 heteroatoms. The first kappa shape index (κ1) is 30.5. The molecular weight excluding hydrogens is 472 g/mol. The van der Waals surface area contributed by atoms with E-state index in [0.29, 0.717) is 0 Å². The summed E-state index contributed by atoms with van der Waals surface area (Å²) in [5.41, 5.74) is 10.0. The van der Waals surface area contributed by atoms with Gasteiger partial charge in [0.1, 0.15) is 0 Å². The minimum absolute atomic E-state index is 0.0860. The van der Waals surface area contributed by atoms with Crippen LogP contribution in [0.2, 0.25) is 6.55 Å². The van der Waals surface area contributed by atoms with Gasteiger partial charge in [-0.1, -0.05) is 31.4 Å². The van der Waals surface area contributed by atoms with Crippen molar-refractivity contribution in [1.29, 1.82) is 0 Å². The standard InChI is InChI=1S/2C10H15.C5H8.C3H10OSi.Zr/c2*1-7-6-10(4,5)9(3)8(7)2;1-3-5-4-2;1-3-4-5-2;/h2*1-5H3;3-5H,1H2,2H3;3,5H2,1-2H3;. The molecule has 0 bridgehead atoms. The molecule has 0 saturated heterocycles. The third-order valence-corrected chi connectivity index (χ3v) is 14.1. The SMILES string of the molecule is C=CC=CC.CC1=C(C)C(C)(C)[C]([Zr][C]2=C(C)C(C)=C(C)C2(C)C)=C1C.CCO[SiH2]C. The summed E-state index contributed by atoms with van der Waals surface area (Å²) in [5, 5.41) is 0. The van der Waals surface area contributed by atoms with Crippen molar-refractivity contribution >= 4 is 9.76 Å². The van der Waals surface area contributed by atoms with Gasteiger partial charge in [-0.15, -0.1) is 0 Å². The van der Waals surface area contributed by atoms with Gasteiger partial charge in [-0.25, -0.2) is 0 Å². The molecule has 2 aliphatic rings. The molecule has 0 aromatic carbocycles. The van der Waals surface area contributed by atoms with Gasteiger partial charge in [-0.05, 0) is 13.8 Å². The monoisotopic (exact) mass is 518 g/mol. The molecular formula is C28H48OSiZr. The van der Waals surface area contributed by atoms with Gasteiger partial charge in [0.25, 0.3) is 0 Å². The number of rotatable bonds is 5. The Morgan fingerprint density at radius 3 is 1.35 bits per heavy atom. The van der Waals surface area contributed by atoms with E-state index >= 15 is 0 Å². The Labute approximate surface area is 208 Å². The zero-order chi connectivity index (χ0) is 24.6. The van der Waals surface area contributed by atoms with Crippen LogP contribution in [0.5, 0.6) is 0 Å². The fraction of sp³-hybridized carbons (Fsp3) is 0.571. The van der Waals surface area contributed by atoms with Crippen LogP contribution in [0.4, 0.5) is 0 Å². The van der Waals surface area contributed by atoms with Crippen LogP contribution in [0.1, 0.15) is 83.1 Å². The minimum Gasteiger partial charge on any atom is -0.425 e. The van der Waals surface area contributed by atoms with Crippen molar-refractivity contribution in [3.63, 3.8) is 0 Å². The van der Waals surface area contributed by atoms with Crippen LogP contribution in [0.15, 0.2) is 64.8 Å². The summed E-state index contributed by atoms with van der Waals surface area (Å²) in [7, 11) is -0.0860. The second-order valence-corrected chi connectivity index (χ2v) is 13.5. The Bertz CT molecular complexity index is 743. The Kier molecular flexibility index (Phi) is 13.1. The quantitative estimate of drug-likeness (QED) is 0.262. The van der Waals surface area contributed by atoms with Crippen LogP contribution in [0.3, 0.4) is 0 Å². The Morgan fingerprint density at radius 1 is 0.839 bits per heavy atom. The number of hydrogen-bond donors (Lipinski definition) is 0. The fourth-order valence-corrected chi connectivity index (χ4v) is 9.48. The summed E-state index contributed by atoms with van der Waals surface area (Å²) in [4.78, 5) is 0. The first-order chi connectivity index (χ1) is 14.3. The summed E-state index contributed by atoms with van der Waals surface area (Å²) in [5.74, 6) is 0. The third-order valence-electron chi connectivity index (χ3n) is 7.11. The van der Waals surface area contributed by atoms with Crippen LogP contribution in [0.25, 0.3) is 0 Å². The minimum atomic E-state index is -0.730. The van der Waals surface area contributed by atoms with Crippen molar-refractivity contribution in [3.8, 4) is 0 Å². The molecule has 0 aromatic rings. The maximum atomic E-state index is 4.97. The van der Waals surface area contributed by atoms with Crippen molar-refractivity contribution in [2.75, 3.05) is 6.61 Å². The van der Waals surface area contributed by atoms with Gasteiger partial charge in [0.2, 0.25) is 0 Å². The zero-order valence-electron chi connectivity index (χ0n) is 22.8. The van der Waals surface area contributed by atoms with Crippen LogP contribution >= 0.6 is 0 Å². The smallest absolute Gasteiger partial charge is 0.158 e. The van der Waals surface area contributed by atoms with E-state index in [4.69, 9.17) is 4.43 Å². The first-order valence-electron chi connectivity index (χ1n) is 11.6. The van der Waals surface area contributed by atoms with Gasteiger partial charge in [0, 0.05) is 6.61 Å². The molecule has 31 heavy (non-hydrogen) atoms. The number of allylic oxidation sites excluding steroid dienone is 11. The third kappa shape index (κ3) is 7.24. The number of hydrogen-bond acceptors (Lipinski definition) is 1. The van der Waals surface area contributed by atoms with E-state index in [2.05, 4.69) is 82.4 Å². The van der Waals surface area contributed by atoms with Crippen LogP contribution in [-0.2, 0) is 27.7 Å². The molecule has 0 radical (unpaired) electrons. The molecule has 0 N–H and O–H groups in total. The Balaban J connectivity index is 0.000000752. The average Bonchev–Trinajstić information content (AvgIpc) is 2.95. The van der Waals surface area contributed by atoms with Crippen LogP contribution in [0, 0.1) is 10.8 Å². The first-order valence-corrected chi connectivity index (χ1v) is 16.1. The summed E-state index contributed by atoms with van der Waals surface area (Å²) in [6, 6.07) is 0. The Hall–Kier alpha value is -0.500. The van der Waals surface area contributed by atoms with Gasteiger partial charge in [0.05, 0.1) is 0 Å². The second kappa shape index (κ2) is 13.3. The maximum Gasteiger partial charge on any atom is 0.158 e. The van der Waals surface area contributed by atoms with Gasteiger partial charge in [-0.3, -0.25) is 0 Å². The average molecular weight is 520 g/mol. The molecule has 0 heterocycles. The normalized spacial score (nSPS) is 19.9. The van der Waals surface area contributed by atoms with Gasteiger partial charge < -0.3 is 4.43 Å². The van der Waals surface area contributed by atoms with E-state index in [9.17, 15) is 0 Å². The van der Waals surface area contributed by atoms with Crippen LogP contribution in [-0.4, -0.2) is 16.4 Å². The molecule has 0 aliphatic heterocycles. The van der Waals surface area contributed by atoms with E-state index in [1.54, 1.807) is 46.1 Å².